The fraction of sp³-hybridized carbons (Fsp3) is 0.513. The number of rotatable bonds is 44. The number of ether oxygens (including phenoxy) is 10. The second-order valence-corrected chi connectivity index (χ2v) is 24.4. The molecule has 0 spiro atoms. The monoisotopic (exact) mass is 1360 g/mol. The molecule has 532 valence electrons. The maximum absolute atomic E-state index is 14.8. The zero-order valence-corrected chi connectivity index (χ0v) is 58.8. The van der Waals surface area contributed by atoms with Gasteiger partial charge in [-0.15, -0.1) is 0 Å². The van der Waals surface area contributed by atoms with E-state index in [1.807, 2.05) is 27.7 Å². The fourth-order valence-corrected chi connectivity index (χ4v) is 11.2. The van der Waals surface area contributed by atoms with Gasteiger partial charge in [0.2, 0.25) is 0 Å². The van der Waals surface area contributed by atoms with Gasteiger partial charge in [-0.05, 0) is 146 Å². The average molecular weight is 1360 g/mol. The number of ketones is 4. The lowest BCUT2D eigenvalue weighted by molar-refractivity contribution is -0.156. The first kappa shape index (κ1) is 79.7. The summed E-state index contributed by atoms with van der Waals surface area (Å²) in [4.78, 5) is 136. The maximum atomic E-state index is 14.8. The minimum atomic E-state index is -0.857. The third-order valence-corrected chi connectivity index (χ3v) is 16.0. The van der Waals surface area contributed by atoms with Crippen molar-refractivity contribution in [3.63, 3.8) is 0 Å². The van der Waals surface area contributed by atoms with E-state index in [0.29, 0.717) is 92.4 Å². The molecule has 0 saturated heterocycles. The van der Waals surface area contributed by atoms with E-state index >= 15 is 0 Å². The van der Waals surface area contributed by atoms with E-state index in [4.69, 9.17) is 47.4 Å². The van der Waals surface area contributed by atoms with Crippen molar-refractivity contribution < 1.29 is 95.3 Å². The Bertz CT molecular complexity index is 3240. The van der Waals surface area contributed by atoms with Gasteiger partial charge in [-0.3, -0.25) is 38.4 Å². The molecule has 0 fully saturated rings. The van der Waals surface area contributed by atoms with Gasteiger partial charge in [-0.2, -0.15) is 0 Å². The van der Waals surface area contributed by atoms with Crippen molar-refractivity contribution in [2.24, 2.45) is 0 Å². The normalized spacial score (nSPS) is 11.5. The first-order valence-corrected chi connectivity index (χ1v) is 34.7. The molecule has 0 N–H and O–H groups in total. The summed E-state index contributed by atoms with van der Waals surface area (Å²) in [5.74, 6) is -4.27. The number of benzene rings is 4. The van der Waals surface area contributed by atoms with Gasteiger partial charge >= 0.3 is 35.8 Å². The molecule has 4 aromatic carbocycles. The molecule has 0 atom stereocenters. The van der Waals surface area contributed by atoms with Gasteiger partial charge in [0.1, 0.15) is 88.7 Å². The Balaban J connectivity index is 2.01. The van der Waals surface area contributed by atoms with Crippen molar-refractivity contribution >= 4 is 58.9 Å². The largest absolute Gasteiger partial charge is 0.489 e. The molecule has 0 aromatic heterocycles. The number of unbranched alkanes of at least 4 members (excludes halogenated alkanes) is 8. The first-order valence-electron chi connectivity index (χ1n) is 34.7. The molecule has 0 amide bonds. The van der Waals surface area contributed by atoms with E-state index in [1.165, 1.54) is 13.8 Å². The Kier molecular flexibility index (Phi) is 34.7. The van der Waals surface area contributed by atoms with Gasteiger partial charge in [0, 0.05) is 84.8 Å². The number of fused-ring (bicyclic) bond motifs is 8. The lowest BCUT2D eigenvalue weighted by Crippen LogP contribution is -2.19. The van der Waals surface area contributed by atoms with Crippen LogP contribution >= 0.6 is 0 Å². The molecule has 20 nitrogen and oxygen atoms in total. The summed E-state index contributed by atoms with van der Waals surface area (Å²) in [6.07, 6.45) is 7.97. The standard InChI is InChI=1S/C78H100O20/c1-11-17-21-25-65(79)53-37-57-45-58-38-54(66(80)26-22-18-12-2)40-60(74(58)94-32-30-92-72(86)50-70(84)90-16-6)47-62-42-56(68(82)28-24-20-14-4)44-64(76(62)96-34-36-98-78(88)52(9)10)48-63-43-55(67(81)27-23-19-13-3)41-61(75(63)95-33-35-97-77(87)51(7)8)46-59(39-53)73(57)93-31-29-91-71(85)49-69(83)89-15-5/h37-44H,7,9,11-36,45-50H2,1-6,8,10H3. The molecule has 1 aliphatic rings. The predicted octanol–water partition coefficient (Wildman–Crippen LogP) is 14.2. The Labute approximate surface area is 577 Å². The highest BCUT2D eigenvalue weighted by atomic mass is 16.6. The molecule has 0 radical (unpaired) electrons. The molecule has 20 heteroatoms. The van der Waals surface area contributed by atoms with Gasteiger partial charge in [0.05, 0.1) is 13.2 Å². The Morgan fingerprint density at radius 3 is 0.724 bits per heavy atom. The summed E-state index contributed by atoms with van der Waals surface area (Å²) in [6.45, 7) is 19.9. The summed E-state index contributed by atoms with van der Waals surface area (Å²) in [5, 5.41) is 0. The summed E-state index contributed by atoms with van der Waals surface area (Å²) in [6, 6.07) is 13.9. The van der Waals surface area contributed by atoms with Crippen LogP contribution in [0.15, 0.2) is 72.8 Å². The van der Waals surface area contributed by atoms with Crippen LogP contribution < -0.4 is 18.9 Å². The molecule has 8 bridgehead atoms. The number of esters is 6. The maximum Gasteiger partial charge on any atom is 0.333 e. The van der Waals surface area contributed by atoms with Crippen molar-refractivity contribution in [2.45, 2.75) is 197 Å². The van der Waals surface area contributed by atoms with Crippen LogP contribution in [0.3, 0.4) is 0 Å². The molecule has 4 aromatic rings. The van der Waals surface area contributed by atoms with Gasteiger partial charge < -0.3 is 47.4 Å². The van der Waals surface area contributed by atoms with Crippen LogP contribution in [0.2, 0.25) is 0 Å². The smallest absolute Gasteiger partial charge is 0.333 e. The minimum absolute atomic E-state index is 0.0546. The van der Waals surface area contributed by atoms with E-state index in [0.717, 1.165) is 51.4 Å². The topological polar surface area (TPSA) is 263 Å². The highest BCUT2D eigenvalue weighted by Gasteiger charge is 2.29. The molecule has 0 aliphatic heterocycles. The minimum Gasteiger partial charge on any atom is -0.489 e. The number of Topliss-reactive ketones (excluding diaryl/α,β-unsaturated/α-hetero) is 4. The number of hydrogen-bond donors (Lipinski definition) is 0. The highest BCUT2D eigenvalue weighted by molar-refractivity contribution is 5.99. The third-order valence-electron chi connectivity index (χ3n) is 16.0. The van der Waals surface area contributed by atoms with Crippen LogP contribution in [0.1, 0.15) is 257 Å². The third kappa shape index (κ3) is 26.1. The molecule has 0 saturated carbocycles. The van der Waals surface area contributed by atoms with Crippen molar-refractivity contribution in [1.82, 2.24) is 0 Å². The zero-order valence-electron chi connectivity index (χ0n) is 58.8. The summed E-state index contributed by atoms with van der Waals surface area (Å²) in [7, 11) is 0. The Morgan fingerprint density at radius 2 is 0.520 bits per heavy atom. The van der Waals surface area contributed by atoms with Crippen molar-refractivity contribution in [1.29, 1.82) is 0 Å². The van der Waals surface area contributed by atoms with E-state index in [2.05, 4.69) is 13.2 Å². The lowest BCUT2D eigenvalue weighted by atomic mass is 9.86. The first-order chi connectivity index (χ1) is 47.1. The molecular weight excluding hydrogens is 1260 g/mol. The number of hydrogen-bond acceptors (Lipinski definition) is 20. The molecule has 1 aliphatic carbocycles. The van der Waals surface area contributed by atoms with E-state index in [-0.39, 0.29) is 175 Å². The SMILES string of the molecule is C=C(C)C(=O)OCCOc1c2cc(C(=O)CCCCC)cc1Cc1cc(C(=O)CCCCC)cc(c1OCCOC(=O)C(=C)C)Cc1cc(C(=O)CCCCC)cc(c1OCCOC(=O)CC(=O)OCC)Cc1cc(C(=O)CCCCC)cc(c1OCCOC(=O)CC(=O)OCC)C2. The van der Waals surface area contributed by atoms with Gasteiger partial charge in [-0.1, -0.05) is 92.2 Å². The Hall–Kier alpha value is -8.94. The Morgan fingerprint density at radius 1 is 0.306 bits per heavy atom. The zero-order chi connectivity index (χ0) is 71.5. The summed E-state index contributed by atoms with van der Waals surface area (Å²) < 4.78 is 59.4. The van der Waals surface area contributed by atoms with Crippen molar-refractivity contribution in [3.8, 4) is 23.0 Å². The molecule has 5 rings (SSSR count). The van der Waals surface area contributed by atoms with Crippen LogP contribution in [0.4, 0.5) is 0 Å². The van der Waals surface area contributed by atoms with Gasteiger partial charge in [0.15, 0.2) is 23.1 Å². The summed E-state index contributed by atoms with van der Waals surface area (Å²) in [5.41, 5.74) is 5.07. The van der Waals surface area contributed by atoms with Crippen LogP contribution in [0, 0.1) is 0 Å². The van der Waals surface area contributed by atoms with Crippen molar-refractivity contribution in [2.75, 3.05) is 66.1 Å². The van der Waals surface area contributed by atoms with Crippen LogP contribution in [-0.2, 0) is 82.9 Å². The molecular formula is C78H100O20. The average Bonchev–Trinajstić information content (AvgIpc) is 0.776. The predicted molar refractivity (Wildman–Crippen MR) is 369 cm³/mol. The van der Waals surface area contributed by atoms with Crippen LogP contribution in [0.25, 0.3) is 0 Å². The number of carbonyl (C=O) groups is 10. The van der Waals surface area contributed by atoms with Gasteiger partial charge in [-0.25, -0.2) is 9.59 Å². The number of carbonyl (C=O) groups excluding carboxylic acids is 10. The van der Waals surface area contributed by atoms with E-state index < -0.39 is 48.7 Å². The van der Waals surface area contributed by atoms with Crippen molar-refractivity contribution in [3.05, 3.63) is 140 Å². The summed E-state index contributed by atoms with van der Waals surface area (Å²) >= 11 is 0. The van der Waals surface area contributed by atoms with Crippen LogP contribution in [0.5, 0.6) is 23.0 Å². The fourth-order valence-electron chi connectivity index (χ4n) is 11.2. The second kappa shape index (κ2) is 42.7. The quantitative estimate of drug-likeness (QED) is 0.00876. The van der Waals surface area contributed by atoms with Crippen LogP contribution in [-0.4, -0.2) is 125 Å². The van der Waals surface area contributed by atoms with E-state index in [9.17, 15) is 47.9 Å². The molecule has 98 heavy (non-hydrogen) atoms. The molecule has 0 heterocycles. The lowest BCUT2D eigenvalue weighted by Gasteiger charge is -2.25. The molecule has 0 unspecified atom stereocenters. The van der Waals surface area contributed by atoms with Gasteiger partial charge in [0.25, 0.3) is 0 Å². The van der Waals surface area contributed by atoms with E-state index in [1.54, 1.807) is 62.4 Å². The second-order valence-electron chi connectivity index (χ2n) is 24.4. The highest BCUT2D eigenvalue weighted by Crippen LogP contribution is 2.42.